The number of hydrogen-bond acceptors (Lipinski definition) is 2. The molecule has 0 N–H and O–H groups in total. The molecular formula is C15H23NOS. The van der Waals surface area contributed by atoms with Gasteiger partial charge in [-0.15, -0.1) is 0 Å². The Hall–Kier alpha value is -0.700. The van der Waals surface area contributed by atoms with E-state index >= 15 is 0 Å². The molecule has 1 aromatic heterocycles. The second kappa shape index (κ2) is 5.12. The van der Waals surface area contributed by atoms with Crippen molar-refractivity contribution in [2.24, 2.45) is 11.3 Å². The largest absolute Gasteiger partial charge is 0.350 e. The number of hydrogen-bond donors (Lipinski definition) is 0. The van der Waals surface area contributed by atoms with Gasteiger partial charge in [-0.3, -0.25) is 4.79 Å². The predicted octanol–water partition coefficient (Wildman–Crippen LogP) is 3.64. The Morgan fingerprint density at radius 1 is 1.44 bits per heavy atom. The normalized spacial score (nSPS) is 19.7. The van der Waals surface area contributed by atoms with Gasteiger partial charge in [-0.25, -0.2) is 0 Å². The Morgan fingerprint density at radius 3 is 2.83 bits per heavy atom. The lowest BCUT2D eigenvalue weighted by atomic mass is 9.76. The summed E-state index contributed by atoms with van der Waals surface area (Å²) in [5.41, 5.74) is 2.33. The fourth-order valence-corrected chi connectivity index (χ4v) is 3.52. The maximum Gasteiger partial charge on any atom is 0.165 e. The first-order chi connectivity index (χ1) is 8.43. The molecule has 0 fully saturated rings. The summed E-state index contributed by atoms with van der Waals surface area (Å²) in [5, 5.41) is 0. The van der Waals surface area contributed by atoms with Gasteiger partial charge >= 0.3 is 0 Å². The Kier molecular flexibility index (Phi) is 3.90. The molecular weight excluding hydrogens is 242 g/mol. The van der Waals surface area contributed by atoms with Crippen LogP contribution in [0.4, 0.5) is 0 Å². The third-order valence-electron chi connectivity index (χ3n) is 3.62. The third kappa shape index (κ3) is 2.82. The first-order valence-electron chi connectivity index (χ1n) is 6.63. The average Bonchev–Trinajstić information content (AvgIpc) is 2.60. The molecule has 0 bridgehead atoms. The molecule has 1 unspecified atom stereocenters. The summed E-state index contributed by atoms with van der Waals surface area (Å²) in [6.07, 6.45) is 5.95. The Balaban J connectivity index is 2.23. The summed E-state index contributed by atoms with van der Waals surface area (Å²) < 4.78 is 2.30. The monoisotopic (exact) mass is 265 g/mol. The lowest BCUT2D eigenvalue weighted by Crippen LogP contribution is -2.28. The van der Waals surface area contributed by atoms with Gasteiger partial charge in [-0.1, -0.05) is 20.8 Å². The van der Waals surface area contributed by atoms with E-state index in [1.54, 1.807) is 0 Å². The topological polar surface area (TPSA) is 22.0 Å². The zero-order chi connectivity index (χ0) is 13.3. The van der Waals surface area contributed by atoms with Crippen molar-refractivity contribution in [2.45, 2.75) is 40.2 Å². The molecule has 0 saturated heterocycles. The highest BCUT2D eigenvalue weighted by Crippen LogP contribution is 2.35. The highest BCUT2D eigenvalue weighted by Gasteiger charge is 2.32. The molecule has 3 heteroatoms. The number of carbonyl (C=O) groups excluding carboxylic acids is 1. The molecule has 100 valence electrons. The quantitative estimate of drug-likeness (QED) is 0.829. The van der Waals surface area contributed by atoms with E-state index in [1.165, 1.54) is 11.4 Å². The molecule has 0 spiro atoms. The van der Waals surface area contributed by atoms with Crippen LogP contribution in [-0.2, 0) is 13.0 Å². The Bertz CT molecular complexity index is 447. The minimum atomic E-state index is 0.114. The summed E-state index contributed by atoms with van der Waals surface area (Å²) in [5.74, 6) is 2.14. The van der Waals surface area contributed by atoms with Gasteiger partial charge in [-0.05, 0) is 35.8 Å². The van der Waals surface area contributed by atoms with Gasteiger partial charge in [-0.2, -0.15) is 11.8 Å². The summed E-state index contributed by atoms with van der Waals surface area (Å²) in [6, 6.07) is 2.01. The molecule has 0 saturated carbocycles. The van der Waals surface area contributed by atoms with Gasteiger partial charge < -0.3 is 4.57 Å². The van der Waals surface area contributed by atoms with Crippen LogP contribution in [0.1, 0.15) is 43.2 Å². The molecule has 2 nitrogen and oxygen atoms in total. The number of thioether (sulfide) groups is 1. The number of ketones is 1. The zero-order valence-corrected chi connectivity index (χ0v) is 12.6. The van der Waals surface area contributed by atoms with Crippen LogP contribution < -0.4 is 0 Å². The van der Waals surface area contributed by atoms with Crippen molar-refractivity contribution < 1.29 is 4.79 Å². The smallest absolute Gasteiger partial charge is 0.165 e. The highest BCUT2D eigenvalue weighted by molar-refractivity contribution is 7.98. The molecule has 0 amide bonds. The summed E-state index contributed by atoms with van der Waals surface area (Å²) in [7, 11) is 0. The predicted molar refractivity (Wildman–Crippen MR) is 78.4 cm³/mol. The van der Waals surface area contributed by atoms with E-state index < -0.39 is 0 Å². The van der Waals surface area contributed by atoms with Crippen molar-refractivity contribution in [3.8, 4) is 0 Å². The van der Waals surface area contributed by atoms with E-state index in [1.807, 2.05) is 17.8 Å². The van der Waals surface area contributed by atoms with Crippen LogP contribution >= 0.6 is 11.8 Å². The molecule has 1 aliphatic rings. The highest BCUT2D eigenvalue weighted by atomic mass is 32.2. The number of fused-ring (bicyclic) bond motifs is 1. The maximum atomic E-state index is 12.1. The SMILES string of the molecule is CSCC(C)Cn1ccc2c1CC(C)(C)CC2=O. The fourth-order valence-electron chi connectivity index (χ4n) is 2.85. The van der Waals surface area contributed by atoms with Crippen molar-refractivity contribution in [1.29, 1.82) is 0 Å². The second-order valence-electron chi connectivity index (χ2n) is 6.33. The number of carbonyl (C=O) groups is 1. The van der Waals surface area contributed by atoms with E-state index in [-0.39, 0.29) is 5.41 Å². The van der Waals surface area contributed by atoms with Crippen LogP contribution in [0.2, 0.25) is 0 Å². The average molecular weight is 265 g/mol. The van der Waals surface area contributed by atoms with Gasteiger partial charge in [0.15, 0.2) is 5.78 Å². The molecule has 0 aromatic carbocycles. The number of Topliss-reactive ketones (excluding diaryl/α,β-unsaturated/α-hetero) is 1. The van der Waals surface area contributed by atoms with E-state index in [0.29, 0.717) is 18.1 Å². The summed E-state index contributed by atoms with van der Waals surface area (Å²) in [6.45, 7) is 7.69. The van der Waals surface area contributed by atoms with Crippen molar-refractivity contribution in [3.05, 3.63) is 23.5 Å². The van der Waals surface area contributed by atoms with E-state index in [2.05, 4.69) is 37.8 Å². The van der Waals surface area contributed by atoms with Crippen molar-refractivity contribution in [1.82, 2.24) is 4.57 Å². The molecule has 1 heterocycles. The van der Waals surface area contributed by atoms with E-state index in [0.717, 1.165) is 18.5 Å². The number of nitrogens with zero attached hydrogens (tertiary/aromatic N) is 1. The van der Waals surface area contributed by atoms with Crippen molar-refractivity contribution >= 4 is 17.5 Å². The molecule has 0 aliphatic heterocycles. The van der Waals surface area contributed by atoms with Crippen LogP contribution in [0.25, 0.3) is 0 Å². The molecule has 18 heavy (non-hydrogen) atoms. The van der Waals surface area contributed by atoms with Gasteiger partial charge in [0.2, 0.25) is 0 Å². The lowest BCUT2D eigenvalue weighted by molar-refractivity contribution is 0.0909. The van der Waals surface area contributed by atoms with Crippen LogP contribution in [-0.4, -0.2) is 22.4 Å². The van der Waals surface area contributed by atoms with E-state index in [4.69, 9.17) is 0 Å². The molecule has 1 aromatic rings. The Morgan fingerprint density at radius 2 is 2.17 bits per heavy atom. The van der Waals surface area contributed by atoms with E-state index in [9.17, 15) is 4.79 Å². The van der Waals surface area contributed by atoms with Gasteiger partial charge in [0.1, 0.15) is 0 Å². The first-order valence-corrected chi connectivity index (χ1v) is 8.02. The minimum Gasteiger partial charge on any atom is -0.350 e. The van der Waals surface area contributed by atoms with Gasteiger partial charge in [0, 0.05) is 30.4 Å². The standard InChI is InChI=1S/C15H23NOS/c1-11(10-18-4)9-16-6-5-12-13(16)7-15(2,3)8-14(12)17/h5-6,11H,7-10H2,1-4H3. The Labute approximate surface area is 114 Å². The van der Waals surface area contributed by atoms with Crippen LogP contribution in [0.15, 0.2) is 12.3 Å². The van der Waals surface area contributed by atoms with Crippen LogP contribution in [0.3, 0.4) is 0 Å². The molecule has 2 rings (SSSR count). The number of aromatic nitrogens is 1. The molecule has 1 atom stereocenters. The van der Waals surface area contributed by atoms with Crippen molar-refractivity contribution in [3.63, 3.8) is 0 Å². The lowest BCUT2D eigenvalue weighted by Gasteiger charge is -2.30. The van der Waals surface area contributed by atoms with Gasteiger partial charge in [0.25, 0.3) is 0 Å². The second-order valence-corrected chi connectivity index (χ2v) is 7.24. The fraction of sp³-hybridized carbons (Fsp3) is 0.667. The van der Waals surface area contributed by atoms with Gasteiger partial charge in [0.05, 0.1) is 0 Å². The molecule has 1 aliphatic carbocycles. The molecule has 0 radical (unpaired) electrons. The zero-order valence-electron chi connectivity index (χ0n) is 11.8. The van der Waals surface area contributed by atoms with Crippen molar-refractivity contribution in [2.75, 3.05) is 12.0 Å². The first kappa shape index (κ1) is 13.7. The van der Waals surface area contributed by atoms with Crippen LogP contribution in [0, 0.1) is 11.3 Å². The minimum absolute atomic E-state index is 0.114. The maximum absolute atomic E-state index is 12.1. The third-order valence-corrected chi connectivity index (χ3v) is 4.53. The van der Waals surface area contributed by atoms with Crippen LogP contribution in [0.5, 0.6) is 0 Å². The summed E-state index contributed by atoms with van der Waals surface area (Å²) in [4.78, 5) is 12.1. The summed E-state index contributed by atoms with van der Waals surface area (Å²) >= 11 is 1.89. The number of rotatable bonds is 4.